The van der Waals surface area contributed by atoms with Gasteiger partial charge in [-0.05, 0) is 13.8 Å². The van der Waals surface area contributed by atoms with Crippen LogP contribution in [0.2, 0.25) is 0 Å². The largest absolute Gasteiger partial charge is 0.480 e. The number of hydrogen-bond donors (Lipinski definition) is 8. The lowest BCUT2D eigenvalue weighted by Gasteiger charge is -2.22. The summed E-state index contributed by atoms with van der Waals surface area (Å²) in [4.78, 5) is 46.7. The molecule has 5 unspecified atom stereocenters. The third-order valence-electron chi connectivity index (χ3n) is 3.19. The summed E-state index contributed by atoms with van der Waals surface area (Å²) < 4.78 is 0. The van der Waals surface area contributed by atoms with Crippen LogP contribution in [0.4, 0.5) is 0 Å². The lowest BCUT2D eigenvalue weighted by Crippen LogP contribution is -2.58. The smallest absolute Gasteiger partial charge is 0.327 e. The number of aliphatic hydroxyl groups is 1. The zero-order valence-corrected chi connectivity index (χ0v) is 15.6. The van der Waals surface area contributed by atoms with Gasteiger partial charge in [-0.2, -0.15) is 25.3 Å². The van der Waals surface area contributed by atoms with Crippen molar-refractivity contribution in [3.05, 3.63) is 0 Å². The first-order valence-electron chi connectivity index (χ1n) is 7.34. The predicted molar refractivity (Wildman–Crippen MR) is 96.5 cm³/mol. The molecule has 0 aliphatic rings. The number of carboxylic acid groups (broad SMARTS) is 1. The maximum Gasteiger partial charge on any atom is 0.327 e. The van der Waals surface area contributed by atoms with Crippen molar-refractivity contribution >= 4 is 48.9 Å². The van der Waals surface area contributed by atoms with Crippen molar-refractivity contribution in [3.8, 4) is 0 Å². The molecule has 25 heavy (non-hydrogen) atoms. The molecule has 0 aromatic carbocycles. The number of rotatable bonds is 10. The molecule has 0 aliphatic carbocycles. The van der Waals surface area contributed by atoms with Gasteiger partial charge in [0.2, 0.25) is 17.7 Å². The molecule has 0 radical (unpaired) electrons. The molecule has 12 heteroatoms. The van der Waals surface area contributed by atoms with Crippen LogP contribution in [0.25, 0.3) is 0 Å². The van der Waals surface area contributed by atoms with Crippen LogP contribution < -0.4 is 21.7 Å². The van der Waals surface area contributed by atoms with Crippen LogP contribution in [0.3, 0.4) is 0 Å². The highest BCUT2D eigenvalue weighted by atomic mass is 32.1. The minimum atomic E-state index is -1.26. The molecule has 0 aliphatic heterocycles. The third-order valence-corrected chi connectivity index (χ3v) is 3.92. The van der Waals surface area contributed by atoms with E-state index >= 15 is 0 Å². The van der Waals surface area contributed by atoms with E-state index in [-0.39, 0.29) is 11.5 Å². The van der Waals surface area contributed by atoms with E-state index in [1.54, 1.807) is 0 Å². The van der Waals surface area contributed by atoms with Gasteiger partial charge in [-0.1, -0.05) is 0 Å². The van der Waals surface area contributed by atoms with E-state index in [1.807, 2.05) is 0 Å². The molecule has 0 aromatic rings. The Balaban J connectivity index is 4.73. The molecule has 0 aromatic heterocycles. The van der Waals surface area contributed by atoms with E-state index in [0.717, 1.165) is 0 Å². The fraction of sp³-hybridized carbons (Fsp3) is 0.692. The SMILES string of the molecule is CC(NC(=O)C(CS)NC(=O)C(N)C(C)O)C(=O)NC(CS)C(=O)O. The van der Waals surface area contributed by atoms with Crippen LogP contribution in [0.1, 0.15) is 13.8 Å². The van der Waals surface area contributed by atoms with Crippen LogP contribution in [0.5, 0.6) is 0 Å². The normalized spacial score (nSPS) is 16.7. The molecule has 10 nitrogen and oxygen atoms in total. The van der Waals surface area contributed by atoms with Gasteiger partial charge in [-0.25, -0.2) is 4.79 Å². The molecule has 5 atom stereocenters. The Morgan fingerprint density at radius 3 is 1.80 bits per heavy atom. The second kappa shape index (κ2) is 11.2. The standard InChI is InChI=1S/C13H24N4O6S2/c1-5(10(19)17-8(4-25)13(22)23)15-11(20)7(3-24)16-12(21)9(14)6(2)18/h5-9,18,24-25H,3-4,14H2,1-2H3,(H,15,20)(H,16,21)(H,17,19)(H,22,23). The molecule has 0 bridgehead atoms. The lowest BCUT2D eigenvalue weighted by atomic mass is 10.1. The lowest BCUT2D eigenvalue weighted by molar-refractivity contribution is -0.141. The van der Waals surface area contributed by atoms with Crippen LogP contribution in [0, 0.1) is 0 Å². The van der Waals surface area contributed by atoms with Crippen molar-refractivity contribution in [1.29, 1.82) is 0 Å². The van der Waals surface area contributed by atoms with E-state index in [0.29, 0.717) is 0 Å². The first-order chi connectivity index (χ1) is 11.5. The summed E-state index contributed by atoms with van der Waals surface area (Å²) in [5.41, 5.74) is 5.47. The highest BCUT2D eigenvalue weighted by molar-refractivity contribution is 7.80. The summed E-state index contributed by atoms with van der Waals surface area (Å²) >= 11 is 7.77. The number of carbonyl (C=O) groups excluding carboxylic acids is 3. The maximum absolute atomic E-state index is 12.1. The summed E-state index contributed by atoms with van der Waals surface area (Å²) in [5.74, 6) is -3.63. The molecule has 0 fully saturated rings. The summed E-state index contributed by atoms with van der Waals surface area (Å²) in [6.07, 6.45) is -1.11. The molecule has 0 saturated heterocycles. The Hall–Kier alpha value is -1.50. The highest BCUT2D eigenvalue weighted by Crippen LogP contribution is 1.96. The van der Waals surface area contributed by atoms with E-state index in [2.05, 4.69) is 41.2 Å². The molecule has 0 saturated carbocycles. The number of aliphatic carboxylic acids is 1. The van der Waals surface area contributed by atoms with E-state index in [1.165, 1.54) is 13.8 Å². The Bertz CT molecular complexity index is 505. The molecule has 3 amide bonds. The number of nitrogens with two attached hydrogens (primary N) is 1. The molecule has 0 spiro atoms. The van der Waals surface area contributed by atoms with Crippen molar-refractivity contribution in [1.82, 2.24) is 16.0 Å². The summed E-state index contributed by atoms with van der Waals surface area (Å²) in [5, 5.41) is 25.0. The van der Waals surface area contributed by atoms with E-state index in [4.69, 9.17) is 10.8 Å². The second-order valence-corrected chi connectivity index (χ2v) is 6.05. The number of thiol groups is 2. The van der Waals surface area contributed by atoms with Crippen molar-refractivity contribution < 1.29 is 29.4 Å². The Kier molecular flexibility index (Phi) is 10.5. The minimum absolute atomic E-state index is 0.0766. The van der Waals surface area contributed by atoms with Crippen molar-refractivity contribution in [2.45, 2.75) is 44.1 Å². The molecule has 7 N–H and O–H groups in total. The number of carbonyl (C=O) groups is 4. The van der Waals surface area contributed by atoms with Gasteiger partial charge in [0.05, 0.1) is 6.10 Å². The summed E-state index contributed by atoms with van der Waals surface area (Å²) in [6, 6.07) is -4.56. The number of amides is 3. The van der Waals surface area contributed by atoms with Gasteiger partial charge < -0.3 is 31.9 Å². The van der Waals surface area contributed by atoms with Gasteiger partial charge in [0.15, 0.2) is 0 Å². The molecule has 0 heterocycles. The van der Waals surface area contributed by atoms with Crippen molar-refractivity contribution in [3.63, 3.8) is 0 Å². The maximum atomic E-state index is 12.1. The molecule has 144 valence electrons. The van der Waals surface area contributed by atoms with Crippen LogP contribution in [0.15, 0.2) is 0 Å². The Morgan fingerprint density at radius 2 is 1.40 bits per heavy atom. The summed E-state index contributed by atoms with van der Waals surface area (Å²) in [7, 11) is 0. The average Bonchev–Trinajstić information content (AvgIpc) is 2.55. The first-order valence-corrected chi connectivity index (χ1v) is 8.60. The van der Waals surface area contributed by atoms with Gasteiger partial charge in [0, 0.05) is 11.5 Å². The minimum Gasteiger partial charge on any atom is -0.480 e. The molecule has 0 rings (SSSR count). The van der Waals surface area contributed by atoms with Gasteiger partial charge in [0.1, 0.15) is 24.2 Å². The zero-order valence-electron chi connectivity index (χ0n) is 13.8. The zero-order chi connectivity index (χ0) is 19.7. The van der Waals surface area contributed by atoms with Gasteiger partial charge in [0.25, 0.3) is 0 Å². The van der Waals surface area contributed by atoms with E-state index < -0.39 is 54.0 Å². The first kappa shape index (κ1) is 23.5. The van der Waals surface area contributed by atoms with Crippen LogP contribution in [-0.2, 0) is 19.2 Å². The van der Waals surface area contributed by atoms with Gasteiger partial charge >= 0.3 is 5.97 Å². The highest BCUT2D eigenvalue weighted by Gasteiger charge is 2.28. The molecular formula is C13H24N4O6S2. The van der Waals surface area contributed by atoms with Gasteiger partial charge in [-0.3, -0.25) is 14.4 Å². The number of carboxylic acids is 1. The van der Waals surface area contributed by atoms with Crippen LogP contribution in [-0.4, -0.2) is 75.7 Å². The number of hydrogen-bond acceptors (Lipinski definition) is 8. The number of aliphatic hydroxyl groups excluding tert-OH is 1. The second-order valence-electron chi connectivity index (χ2n) is 5.32. The van der Waals surface area contributed by atoms with Gasteiger partial charge in [-0.15, -0.1) is 0 Å². The Labute approximate surface area is 156 Å². The predicted octanol–water partition coefficient (Wildman–Crippen LogP) is -2.89. The van der Waals surface area contributed by atoms with E-state index in [9.17, 15) is 24.3 Å². The van der Waals surface area contributed by atoms with Crippen molar-refractivity contribution in [2.24, 2.45) is 5.73 Å². The number of nitrogens with one attached hydrogen (secondary N) is 3. The average molecular weight is 396 g/mol. The Morgan fingerprint density at radius 1 is 0.920 bits per heavy atom. The fourth-order valence-corrected chi connectivity index (χ4v) is 2.05. The summed E-state index contributed by atoms with van der Waals surface area (Å²) in [6.45, 7) is 2.68. The van der Waals surface area contributed by atoms with Crippen molar-refractivity contribution in [2.75, 3.05) is 11.5 Å². The fourth-order valence-electron chi connectivity index (χ4n) is 1.54. The third kappa shape index (κ3) is 7.94. The monoisotopic (exact) mass is 396 g/mol. The molecular weight excluding hydrogens is 372 g/mol. The quantitative estimate of drug-likeness (QED) is 0.183. The van der Waals surface area contributed by atoms with Crippen LogP contribution >= 0.6 is 25.3 Å². The topological polar surface area (TPSA) is 171 Å².